The number of rotatable bonds is 7. The first kappa shape index (κ1) is 24.7. The molecule has 200 valence electrons. The largest absolute Gasteiger partial charge is 0.477 e. The smallest absolute Gasteiger partial charge is 0.347 e. The van der Waals surface area contributed by atoms with E-state index < -0.39 is 5.97 Å². The van der Waals surface area contributed by atoms with Crippen molar-refractivity contribution in [3.8, 4) is 11.4 Å². The fourth-order valence-corrected chi connectivity index (χ4v) is 5.60. The first-order valence-corrected chi connectivity index (χ1v) is 13.2. The number of aryl methyl sites for hydroxylation is 1. The molecule has 0 saturated carbocycles. The Kier molecular flexibility index (Phi) is 6.48. The van der Waals surface area contributed by atoms with Crippen molar-refractivity contribution in [3.05, 3.63) is 46.0 Å². The Morgan fingerprint density at radius 2 is 1.97 bits per heavy atom. The lowest BCUT2D eigenvalue weighted by atomic mass is 10.0. The Morgan fingerprint density at radius 3 is 2.69 bits per heavy atom. The fourth-order valence-electron chi connectivity index (χ4n) is 4.80. The first-order chi connectivity index (χ1) is 18.9. The zero-order chi connectivity index (χ0) is 26.9. The number of anilines is 4. The predicted molar refractivity (Wildman–Crippen MR) is 143 cm³/mol. The summed E-state index contributed by atoms with van der Waals surface area (Å²) >= 11 is 1.04. The molecule has 2 aliphatic heterocycles. The molecule has 0 bridgehead atoms. The van der Waals surface area contributed by atoms with Crippen LogP contribution in [0.5, 0.6) is 0 Å². The van der Waals surface area contributed by atoms with E-state index in [1.165, 1.54) is 0 Å². The first-order valence-electron chi connectivity index (χ1n) is 12.4. The van der Waals surface area contributed by atoms with Crippen LogP contribution in [-0.2, 0) is 17.8 Å². The molecule has 0 atom stereocenters. The van der Waals surface area contributed by atoms with Gasteiger partial charge in [-0.05, 0) is 30.5 Å². The maximum Gasteiger partial charge on any atom is 0.347 e. The standard InChI is InChI=1S/C24H25N11O3S/c1-13-18(22(37)38)39-24(26-13)29-23-27-20-16(21(28-23)35-10-8-25-17(36)12-35)3-2-9-34(20)11-14-4-6-15(7-5-14)19-30-32-33-31-19/h4-7H,2-3,8-12H2,1H3,(H,25,36)(H,37,38)(H,26,27,28,29)(H,30,31,32,33). The van der Waals surface area contributed by atoms with E-state index in [1.54, 1.807) is 6.92 Å². The quantitative estimate of drug-likeness (QED) is 0.264. The van der Waals surface area contributed by atoms with Gasteiger partial charge in [-0.1, -0.05) is 35.6 Å². The van der Waals surface area contributed by atoms with Crippen LogP contribution < -0.4 is 20.4 Å². The summed E-state index contributed by atoms with van der Waals surface area (Å²) < 4.78 is 0. The summed E-state index contributed by atoms with van der Waals surface area (Å²) in [7, 11) is 0. The SMILES string of the molecule is Cc1nc(Nc2nc(N3CCNC(=O)C3)c3c(n2)N(Cc2ccc(-c4nn[nH]n4)cc2)CCC3)sc1C(=O)O. The lowest BCUT2D eigenvalue weighted by molar-refractivity contribution is -0.120. The number of hydrogen-bond acceptors (Lipinski definition) is 12. The van der Waals surface area contributed by atoms with Crippen LogP contribution in [0.2, 0.25) is 0 Å². The van der Waals surface area contributed by atoms with E-state index >= 15 is 0 Å². The topological polar surface area (TPSA) is 178 Å². The molecule has 1 amide bonds. The number of amides is 1. The molecule has 15 heteroatoms. The van der Waals surface area contributed by atoms with Crippen LogP contribution in [0.3, 0.4) is 0 Å². The van der Waals surface area contributed by atoms with E-state index in [-0.39, 0.29) is 17.3 Å². The van der Waals surface area contributed by atoms with Gasteiger partial charge in [0.25, 0.3) is 0 Å². The molecule has 0 unspecified atom stereocenters. The molecular weight excluding hydrogens is 522 g/mol. The second-order valence-corrected chi connectivity index (χ2v) is 10.3. The molecule has 4 aromatic rings. The number of nitrogens with one attached hydrogen (secondary N) is 3. The van der Waals surface area contributed by atoms with Crippen molar-refractivity contribution >= 4 is 45.9 Å². The van der Waals surface area contributed by atoms with Gasteiger partial charge >= 0.3 is 5.97 Å². The number of aromatic carboxylic acids is 1. The number of aromatic amines is 1. The number of thiazole rings is 1. The number of benzene rings is 1. The summed E-state index contributed by atoms with van der Waals surface area (Å²) in [5, 5.41) is 30.0. The molecule has 14 nitrogen and oxygen atoms in total. The highest BCUT2D eigenvalue weighted by atomic mass is 32.1. The highest BCUT2D eigenvalue weighted by Gasteiger charge is 2.29. The summed E-state index contributed by atoms with van der Waals surface area (Å²) in [5.41, 5.74) is 3.37. The molecule has 5 heterocycles. The van der Waals surface area contributed by atoms with Crippen molar-refractivity contribution in [3.63, 3.8) is 0 Å². The molecule has 0 aliphatic carbocycles. The molecule has 6 rings (SSSR count). The van der Waals surface area contributed by atoms with Gasteiger partial charge in [0.15, 0.2) is 5.13 Å². The minimum absolute atomic E-state index is 0.0564. The highest BCUT2D eigenvalue weighted by Crippen LogP contribution is 2.36. The molecule has 39 heavy (non-hydrogen) atoms. The van der Waals surface area contributed by atoms with Gasteiger partial charge in [0.2, 0.25) is 17.7 Å². The van der Waals surface area contributed by atoms with Crippen LogP contribution in [0.15, 0.2) is 24.3 Å². The van der Waals surface area contributed by atoms with Crippen LogP contribution in [0.25, 0.3) is 11.4 Å². The number of carboxylic acids is 1. The molecular formula is C24H25N11O3S. The maximum absolute atomic E-state index is 12.2. The number of carboxylic acid groups (broad SMARTS) is 1. The molecule has 3 aromatic heterocycles. The normalized spacial score (nSPS) is 15.2. The average Bonchev–Trinajstić information content (AvgIpc) is 3.59. The van der Waals surface area contributed by atoms with Gasteiger partial charge in [-0.3, -0.25) is 10.1 Å². The molecule has 2 aliphatic rings. The maximum atomic E-state index is 12.2. The molecule has 1 saturated heterocycles. The van der Waals surface area contributed by atoms with Crippen molar-refractivity contribution in [2.24, 2.45) is 0 Å². The lowest BCUT2D eigenvalue weighted by Gasteiger charge is -2.35. The Hall–Kier alpha value is -4.66. The average molecular weight is 548 g/mol. The lowest BCUT2D eigenvalue weighted by Crippen LogP contribution is -2.48. The fraction of sp³-hybridized carbons (Fsp3) is 0.333. The summed E-state index contributed by atoms with van der Waals surface area (Å²) in [6.07, 6.45) is 1.71. The van der Waals surface area contributed by atoms with Crippen molar-refractivity contribution in [2.45, 2.75) is 26.3 Å². The van der Waals surface area contributed by atoms with Crippen LogP contribution in [0, 0.1) is 6.92 Å². The van der Waals surface area contributed by atoms with E-state index in [1.807, 2.05) is 29.2 Å². The molecule has 1 fully saturated rings. The van der Waals surface area contributed by atoms with Crippen LogP contribution in [0.1, 0.15) is 32.9 Å². The van der Waals surface area contributed by atoms with Gasteiger partial charge in [-0.25, -0.2) is 9.78 Å². The third-order valence-electron chi connectivity index (χ3n) is 6.60. The van der Waals surface area contributed by atoms with Gasteiger partial charge in [0, 0.05) is 37.3 Å². The summed E-state index contributed by atoms with van der Waals surface area (Å²) in [6.45, 7) is 4.45. The van der Waals surface area contributed by atoms with E-state index in [2.05, 4.69) is 41.1 Å². The number of hydrogen-bond donors (Lipinski definition) is 4. The van der Waals surface area contributed by atoms with Crippen LogP contribution in [0.4, 0.5) is 22.7 Å². The second kappa shape index (κ2) is 10.2. The van der Waals surface area contributed by atoms with Gasteiger partial charge in [0.1, 0.15) is 16.5 Å². The third kappa shape index (κ3) is 5.07. The second-order valence-electron chi connectivity index (χ2n) is 9.27. The summed E-state index contributed by atoms with van der Waals surface area (Å²) in [5.74, 6) is 1.25. The third-order valence-corrected chi connectivity index (χ3v) is 7.66. The van der Waals surface area contributed by atoms with Crippen molar-refractivity contribution < 1.29 is 14.7 Å². The molecule has 0 spiro atoms. The van der Waals surface area contributed by atoms with Crippen LogP contribution in [-0.4, -0.2) is 78.7 Å². The predicted octanol–water partition coefficient (Wildman–Crippen LogP) is 1.75. The van der Waals surface area contributed by atoms with E-state index in [0.717, 1.165) is 53.2 Å². The number of H-pyrrole nitrogens is 1. The number of tetrazole rings is 1. The Labute approximate surface area is 226 Å². The number of aromatic nitrogens is 7. The highest BCUT2D eigenvalue weighted by molar-refractivity contribution is 7.17. The summed E-state index contributed by atoms with van der Waals surface area (Å²) in [4.78, 5) is 42.1. The number of carbonyl (C=O) groups is 2. The van der Waals surface area contributed by atoms with E-state index in [9.17, 15) is 14.7 Å². The molecule has 1 aromatic carbocycles. The number of nitrogens with zero attached hydrogens (tertiary/aromatic N) is 8. The Morgan fingerprint density at radius 1 is 1.15 bits per heavy atom. The van der Waals surface area contributed by atoms with Crippen molar-refractivity contribution in [1.82, 2.24) is 40.9 Å². The van der Waals surface area contributed by atoms with Gasteiger partial charge in [-0.2, -0.15) is 15.2 Å². The number of carbonyl (C=O) groups excluding carboxylic acids is 1. The van der Waals surface area contributed by atoms with E-state index in [0.29, 0.717) is 48.1 Å². The molecule has 4 N–H and O–H groups in total. The van der Waals surface area contributed by atoms with Crippen molar-refractivity contribution in [1.29, 1.82) is 0 Å². The van der Waals surface area contributed by atoms with Gasteiger partial charge in [-0.15, -0.1) is 10.2 Å². The minimum Gasteiger partial charge on any atom is -0.477 e. The molecule has 0 radical (unpaired) electrons. The zero-order valence-corrected chi connectivity index (χ0v) is 21.8. The Bertz CT molecular complexity index is 1520. The zero-order valence-electron chi connectivity index (χ0n) is 21.0. The van der Waals surface area contributed by atoms with Gasteiger partial charge in [0.05, 0.1) is 12.2 Å². The summed E-state index contributed by atoms with van der Waals surface area (Å²) in [6, 6.07) is 7.98. The van der Waals surface area contributed by atoms with E-state index in [4.69, 9.17) is 9.97 Å². The van der Waals surface area contributed by atoms with Crippen molar-refractivity contribution in [2.75, 3.05) is 41.3 Å². The minimum atomic E-state index is -1.03. The number of piperazine rings is 1. The monoisotopic (exact) mass is 547 g/mol. The van der Waals surface area contributed by atoms with Crippen LogP contribution >= 0.6 is 11.3 Å². The van der Waals surface area contributed by atoms with Gasteiger partial charge < -0.3 is 20.2 Å². The number of fused-ring (bicyclic) bond motifs is 1. The Balaban J connectivity index is 1.34.